The second-order valence-electron chi connectivity index (χ2n) is 13.7. The number of rotatable bonds is 19. The number of aliphatic carboxylic acids is 1. The zero-order chi connectivity index (χ0) is 50.1. The summed E-state index contributed by atoms with van der Waals surface area (Å²) in [5, 5.41) is 11.3. The van der Waals surface area contributed by atoms with Crippen molar-refractivity contribution in [3.8, 4) is 17.5 Å². The molecule has 29 heteroatoms. The number of unbranched alkanes of at least 4 members (excludes halogenated alkanes) is 2. The summed E-state index contributed by atoms with van der Waals surface area (Å²) in [5.41, 5.74) is 0.674. The number of esters is 1. The van der Waals surface area contributed by atoms with Crippen LogP contribution < -0.4 is 34.5 Å². The molecule has 1 aliphatic heterocycles. The lowest BCUT2D eigenvalue weighted by atomic mass is 9.93. The first-order valence-corrected chi connectivity index (χ1v) is 25.1. The predicted octanol–water partition coefficient (Wildman–Crippen LogP) is 3.32. The minimum absolute atomic E-state index is 0.000883. The number of aromatic nitrogens is 3. The third-order valence-corrected chi connectivity index (χ3v) is 12.9. The number of halogens is 2. The largest absolute Gasteiger partial charge is 0.481 e. The van der Waals surface area contributed by atoms with E-state index in [0.717, 1.165) is 55.3 Å². The fourth-order valence-corrected chi connectivity index (χ4v) is 8.88. The number of urea groups is 1. The van der Waals surface area contributed by atoms with E-state index < -0.39 is 92.4 Å². The third kappa shape index (κ3) is 16.8. The molecule has 1 aliphatic carbocycles. The van der Waals surface area contributed by atoms with Gasteiger partial charge in [-0.3, -0.25) is 29.6 Å². The molecule has 368 valence electrons. The fraction of sp³-hybridized carbons (Fsp3) is 0.421. The quantitative estimate of drug-likeness (QED) is 0.0434. The van der Waals surface area contributed by atoms with Gasteiger partial charge in [0.05, 0.1) is 56.2 Å². The number of nitrogens with zero attached hydrogens (tertiary/aromatic N) is 4. The number of amides is 4. The highest BCUT2D eigenvalue weighted by molar-refractivity contribution is 7.93. The Morgan fingerprint density at radius 1 is 0.955 bits per heavy atom. The van der Waals surface area contributed by atoms with Crippen LogP contribution >= 0.6 is 19.2 Å². The number of carbonyl (C=O) groups is 5. The van der Waals surface area contributed by atoms with Gasteiger partial charge in [0.15, 0.2) is 21.5 Å². The van der Waals surface area contributed by atoms with Gasteiger partial charge in [-0.15, -0.1) is 0 Å². The number of hydrogen-bond donors (Lipinski definition) is 6. The predicted molar refractivity (Wildman–Crippen MR) is 234 cm³/mol. The van der Waals surface area contributed by atoms with Crippen molar-refractivity contribution in [3.63, 3.8) is 0 Å². The van der Waals surface area contributed by atoms with Gasteiger partial charge >= 0.3 is 25.6 Å². The van der Waals surface area contributed by atoms with E-state index in [1.54, 1.807) is 4.72 Å². The topological polar surface area (TPSA) is 346 Å². The Morgan fingerprint density at radius 2 is 1.57 bits per heavy atom. The average molecular weight is 1020 g/mol. The van der Waals surface area contributed by atoms with E-state index in [1.165, 1.54) is 39.3 Å². The maximum absolute atomic E-state index is 14.5. The summed E-state index contributed by atoms with van der Waals surface area (Å²) in [4.78, 5) is 86.9. The van der Waals surface area contributed by atoms with Crippen LogP contribution in [0.25, 0.3) is 0 Å². The molecule has 67 heavy (non-hydrogen) atoms. The number of methoxy groups -OCH3 is 2. The molecule has 5 rings (SSSR count). The number of imide groups is 1. The number of sulfonamides is 1. The molecule has 0 unspecified atom stereocenters. The first kappa shape index (κ1) is 55.5. The van der Waals surface area contributed by atoms with Crippen molar-refractivity contribution in [1.29, 1.82) is 0 Å². The molecule has 2 aliphatic rings. The monoisotopic (exact) mass is 1020 g/mol. The summed E-state index contributed by atoms with van der Waals surface area (Å²) in [7, 11) is -9.94. The molecule has 0 radical (unpaired) electrons. The van der Waals surface area contributed by atoms with E-state index in [9.17, 15) is 49.8 Å². The molecule has 4 amide bonds. The zero-order valence-corrected chi connectivity index (χ0v) is 39.6. The van der Waals surface area contributed by atoms with Crippen molar-refractivity contribution in [2.75, 3.05) is 56.2 Å². The van der Waals surface area contributed by atoms with E-state index in [0.29, 0.717) is 30.6 Å². The van der Waals surface area contributed by atoms with Gasteiger partial charge in [-0.2, -0.15) is 18.4 Å². The molecule has 3 heterocycles. The Morgan fingerprint density at radius 3 is 2.10 bits per heavy atom. The highest BCUT2D eigenvalue weighted by Crippen LogP contribution is 2.39. The number of anilines is 2. The van der Waals surface area contributed by atoms with Gasteiger partial charge in [0.1, 0.15) is 16.5 Å². The van der Waals surface area contributed by atoms with Crippen molar-refractivity contribution < 1.29 is 83.6 Å². The van der Waals surface area contributed by atoms with Gasteiger partial charge in [0.25, 0.3) is 21.8 Å². The molecule has 0 saturated heterocycles. The van der Waals surface area contributed by atoms with Gasteiger partial charge in [0.2, 0.25) is 17.7 Å². The van der Waals surface area contributed by atoms with Gasteiger partial charge in [-0.05, 0) is 50.3 Å². The summed E-state index contributed by atoms with van der Waals surface area (Å²) in [6.07, 6.45) is 5.90. The van der Waals surface area contributed by atoms with Crippen LogP contribution in [0.2, 0.25) is 5.02 Å². The number of sulfone groups is 1. The van der Waals surface area contributed by atoms with Gasteiger partial charge < -0.3 is 33.8 Å². The number of hydrogen-bond acceptors (Lipinski definition) is 18. The molecule has 0 spiro atoms. The molecule has 0 bridgehead atoms. The van der Waals surface area contributed by atoms with Crippen LogP contribution in [0.15, 0.2) is 57.6 Å². The molecule has 1 aromatic carbocycles. The normalized spacial score (nSPS) is 13.6. The van der Waals surface area contributed by atoms with Crippen molar-refractivity contribution >= 4 is 80.5 Å². The van der Waals surface area contributed by atoms with Crippen molar-refractivity contribution in [2.45, 2.75) is 68.7 Å². The van der Waals surface area contributed by atoms with Crippen LogP contribution in [0.3, 0.4) is 0 Å². The number of pyridine rings is 1. The SMILES string of the molecule is CCCCCOC(=O)COc1cc(N2C(=O)C3=C(CCCC3)C2=O)c(F)cc1Cl.CCS(=O)(=O)c1cccnc1S(=O)(=O)NC(=O)Nc1nc(OC)cc(OC)n1.O=C(O)CNCP(=O)(O)O. The lowest BCUT2D eigenvalue weighted by Crippen LogP contribution is -2.36. The zero-order valence-electron chi connectivity index (χ0n) is 36.3. The molecule has 0 fully saturated rings. The summed E-state index contributed by atoms with van der Waals surface area (Å²) >= 11 is 6.02. The lowest BCUT2D eigenvalue weighted by Gasteiger charge is -2.18. The maximum Gasteiger partial charge on any atom is 0.344 e. The highest BCUT2D eigenvalue weighted by Gasteiger charge is 2.41. The van der Waals surface area contributed by atoms with E-state index in [-0.39, 0.29) is 39.9 Å². The van der Waals surface area contributed by atoms with Gasteiger partial charge in [-0.25, -0.2) is 37.0 Å². The second kappa shape index (κ2) is 25.3. The Kier molecular flexibility index (Phi) is 21.0. The summed E-state index contributed by atoms with van der Waals surface area (Å²) in [5.74, 6) is -4.07. The molecule has 0 atom stereocenters. The minimum Gasteiger partial charge on any atom is -0.481 e. The molecular formula is C38H48ClFN7O17PS2. The molecule has 6 N–H and O–H groups in total. The Balaban J connectivity index is 0.000000296. The fourth-order valence-electron chi connectivity index (χ4n) is 5.72. The van der Waals surface area contributed by atoms with E-state index in [2.05, 4.69) is 25.6 Å². The van der Waals surface area contributed by atoms with Crippen LogP contribution in [0.5, 0.6) is 17.5 Å². The number of carboxylic acid groups (broad SMARTS) is 1. The Labute approximate surface area is 388 Å². The van der Waals surface area contributed by atoms with Crippen LogP contribution in [-0.4, -0.2) is 122 Å². The van der Waals surface area contributed by atoms with Crippen molar-refractivity contribution in [2.24, 2.45) is 0 Å². The van der Waals surface area contributed by atoms with E-state index in [4.69, 9.17) is 45.4 Å². The third-order valence-electron chi connectivity index (χ3n) is 8.84. The van der Waals surface area contributed by atoms with Crippen LogP contribution in [0, 0.1) is 5.82 Å². The Hall–Kier alpha value is -5.83. The Bertz CT molecular complexity index is 2570. The second-order valence-corrected chi connectivity index (χ2v) is 19.6. The first-order chi connectivity index (χ1) is 31.5. The van der Waals surface area contributed by atoms with Gasteiger partial charge in [0, 0.05) is 23.4 Å². The molecule has 0 saturated carbocycles. The van der Waals surface area contributed by atoms with Crippen molar-refractivity contribution in [1.82, 2.24) is 25.0 Å². The number of nitrogens with one attached hydrogen (secondary N) is 3. The van der Waals surface area contributed by atoms with Crippen LogP contribution in [0.1, 0.15) is 58.8 Å². The highest BCUT2D eigenvalue weighted by atomic mass is 35.5. The number of benzene rings is 1. The molecule has 3 aromatic rings. The molecule has 24 nitrogen and oxygen atoms in total. The van der Waals surface area contributed by atoms with Crippen molar-refractivity contribution in [3.05, 3.63) is 58.5 Å². The summed E-state index contributed by atoms with van der Waals surface area (Å²) in [6.45, 7) is 2.85. The lowest BCUT2D eigenvalue weighted by molar-refractivity contribution is -0.146. The van der Waals surface area contributed by atoms with Crippen LogP contribution in [0.4, 0.5) is 20.8 Å². The average Bonchev–Trinajstić information content (AvgIpc) is 3.52. The summed E-state index contributed by atoms with van der Waals surface area (Å²) < 4.78 is 95.7. The van der Waals surface area contributed by atoms with Gasteiger partial charge in [-0.1, -0.05) is 38.3 Å². The van der Waals surface area contributed by atoms with E-state index in [1.807, 2.05) is 6.92 Å². The minimum atomic E-state index is -4.61. The van der Waals surface area contributed by atoms with E-state index >= 15 is 0 Å². The molecule has 2 aromatic heterocycles. The number of carboxylic acids is 1. The molecular weight excluding hydrogens is 976 g/mol. The number of ether oxygens (including phenoxy) is 4. The summed E-state index contributed by atoms with van der Waals surface area (Å²) in [6, 6.07) is 4.62. The smallest absolute Gasteiger partial charge is 0.344 e. The number of carbonyl (C=O) groups excluding carboxylic acids is 4. The first-order valence-electron chi connectivity index (χ1n) is 19.8. The van der Waals surface area contributed by atoms with Crippen LogP contribution in [-0.2, 0) is 48.3 Å². The maximum atomic E-state index is 14.5. The standard InChI is InChI=1S/C21H23ClFNO5.C14H17N5O7S2.C3H8NO5P/c1-2-3-6-9-28-19(25)12-29-18-11-17(16(23)10-15(18)22)24-20(26)13-7-4-5-8-14(13)21(24)27;1-4-27(21,22)9-6-5-7-15-12(9)28(23,24)19-14(20)18-13-16-10(25-2)8-11(17-13)26-3;5-3(6)1-4-2-10(7,8)9/h10-11H,2-9,12H2,1H3;5-8H,4H2,1-3H3,(H2,16,17,18,19,20);4H,1-2H2,(H,5,6)(H2,7,8,9).